The highest BCUT2D eigenvalue weighted by Crippen LogP contribution is 2.34. The van der Waals surface area contributed by atoms with Gasteiger partial charge in [0.25, 0.3) is 0 Å². The van der Waals surface area contributed by atoms with Gasteiger partial charge in [-0.15, -0.1) is 0 Å². The number of carbonyl (C=O) groups is 1. The average molecular weight is 357 g/mol. The third-order valence-electron chi connectivity index (χ3n) is 3.81. The van der Waals surface area contributed by atoms with Gasteiger partial charge in [0, 0.05) is 11.6 Å². The van der Waals surface area contributed by atoms with Crippen LogP contribution in [0.5, 0.6) is 0 Å². The molecule has 1 atom stereocenters. The van der Waals surface area contributed by atoms with Gasteiger partial charge in [0.15, 0.2) is 0 Å². The van der Waals surface area contributed by atoms with Crippen molar-refractivity contribution >= 4 is 28.5 Å². The van der Waals surface area contributed by atoms with E-state index in [1.54, 1.807) is 37.4 Å². The first-order valence-corrected chi connectivity index (χ1v) is 8.26. The minimum atomic E-state index is -1.19. The lowest BCUT2D eigenvalue weighted by Gasteiger charge is -2.17. The number of carbonyl (C=O) groups excluding carboxylic acids is 1. The summed E-state index contributed by atoms with van der Waals surface area (Å²) < 4.78 is 5.12. The predicted molar refractivity (Wildman–Crippen MR) is 95.7 cm³/mol. The third kappa shape index (κ3) is 3.34. The monoisotopic (exact) mass is 356 g/mol. The molecule has 0 amide bonds. The highest BCUT2D eigenvalue weighted by atomic mass is 35.5. The summed E-state index contributed by atoms with van der Waals surface area (Å²) in [6, 6.07) is 10.7. The van der Waals surface area contributed by atoms with Crippen molar-refractivity contribution in [3.63, 3.8) is 0 Å². The van der Waals surface area contributed by atoms with Gasteiger partial charge in [0.2, 0.25) is 0 Å². The molecule has 1 N–H and O–H groups in total. The minimum absolute atomic E-state index is 0.0692. The second-order valence-corrected chi connectivity index (χ2v) is 5.96. The van der Waals surface area contributed by atoms with E-state index in [9.17, 15) is 9.90 Å². The number of aryl methyl sites for hydroxylation is 1. The number of fused-ring (bicyclic) bond motifs is 1. The first-order chi connectivity index (χ1) is 12.0. The first-order valence-electron chi connectivity index (χ1n) is 7.88. The molecular weight excluding hydrogens is 340 g/mol. The molecule has 0 fully saturated rings. The first kappa shape index (κ1) is 17.3. The fraction of sp³-hybridized carbons (Fsp3) is 0.211. The normalized spacial score (nSPS) is 12.2. The minimum Gasteiger partial charge on any atom is -0.462 e. The molecule has 0 bridgehead atoms. The van der Waals surface area contributed by atoms with E-state index < -0.39 is 12.1 Å². The number of nitrogens with zero attached hydrogens (tertiary/aromatic N) is 2. The summed E-state index contributed by atoms with van der Waals surface area (Å²) in [6.07, 6.45) is 0.373. The Morgan fingerprint density at radius 2 is 2.12 bits per heavy atom. The molecule has 25 heavy (non-hydrogen) atoms. The predicted octanol–water partition coefficient (Wildman–Crippen LogP) is 3.85. The molecule has 0 aliphatic heterocycles. The van der Waals surface area contributed by atoms with Crippen molar-refractivity contribution in [2.45, 2.75) is 20.0 Å². The molecule has 128 valence electrons. The van der Waals surface area contributed by atoms with Crippen molar-refractivity contribution in [3.8, 4) is 0 Å². The van der Waals surface area contributed by atoms with Crippen molar-refractivity contribution in [1.29, 1.82) is 0 Å². The summed E-state index contributed by atoms with van der Waals surface area (Å²) in [5.41, 5.74) is 2.17. The molecule has 0 saturated carbocycles. The number of aliphatic hydroxyl groups is 1. The molecule has 3 rings (SSSR count). The van der Waals surface area contributed by atoms with E-state index in [0.29, 0.717) is 16.6 Å². The van der Waals surface area contributed by atoms with Gasteiger partial charge < -0.3 is 9.84 Å². The smallest absolute Gasteiger partial charge is 0.341 e. The summed E-state index contributed by atoms with van der Waals surface area (Å²) >= 11 is 6.51. The number of ether oxygens (including phenoxy) is 1. The van der Waals surface area contributed by atoms with E-state index >= 15 is 0 Å². The lowest BCUT2D eigenvalue weighted by molar-refractivity contribution is 0.0520. The molecule has 2 heterocycles. The maximum Gasteiger partial charge on any atom is 0.341 e. The van der Waals surface area contributed by atoms with Crippen LogP contribution in [0, 0.1) is 6.92 Å². The quantitative estimate of drug-likeness (QED) is 0.719. The fourth-order valence-electron chi connectivity index (χ4n) is 2.63. The lowest BCUT2D eigenvalue weighted by Crippen LogP contribution is -2.15. The van der Waals surface area contributed by atoms with Crippen molar-refractivity contribution in [1.82, 2.24) is 9.97 Å². The topological polar surface area (TPSA) is 72.3 Å². The summed E-state index contributed by atoms with van der Waals surface area (Å²) in [4.78, 5) is 21.1. The standard InChI is InChI=1S/C19H17ClN2O3/c1-3-25-19(24)15-16(20)12-10-11(2)7-8-13(12)22-17(15)18(23)14-6-4-5-9-21-14/h4-10,18,23H,3H2,1-2H3. The molecule has 1 aromatic carbocycles. The number of aliphatic hydroxyl groups excluding tert-OH is 1. The van der Waals surface area contributed by atoms with Gasteiger partial charge in [0.05, 0.1) is 28.5 Å². The molecule has 1 unspecified atom stereocenters. The highest BCUT2D eigenvalue weighted by molar-refractivity contribution is 6.38. The molecule has 6 heteroatoms. The Bertz CT molecular complexity index is 929. The molecule has 0 radical (unpaired) electrons. The second kappa shape index (κ2) is 7.17. The SMILES string of the molecule is CCOC(=O)c1c(C(O)c2ccccn2)nc2ccc(C)cc2c1Cl. The van der Waals surface area contributed by atoms with E-state index in [4.69, 9.17) is 16.3 Å². The van der Waals surface area contributed by atoms with Gasteiger partial charge in [-0.05, 0) is 38.1 Å². The Labute approximate surface area is 150 Å². The summed E-state index contributed by atoms with van der Waals surface area (Å²) in [6.45, 7) is 3.83. The zero-order valence-corrected chi connectivity index (χ0v) is 14.6. The number of hydrogen-bond acceptors (Lipinski definition) is 5. The van der Waals surface area contributed by atoms with Crippen LogP contribution in [0.2, 0.25) is 5.02 Å². The van der Waals surface area contributed by atoms with Gasteiger partial charge in [-0.25, -0.2) is 9.78 Å². The van der Waals surface area contributed by atoms with Crippen LogP contribution in [0.25, 0.3) is 10.9 Å². The van der Waals surface area contributed by atoms with Crippen molar-refractivity contribution in [2.75, 3.05) is 6.61 Å². The molecule has 0 aliphatic rings. The number of pyridine rings is 2. The summed E-state index contributed by atoms with van der Waals surface area (Å²) in [5, 5.41) is 11.6. The maximum atomic E-state index is 12.5. The zero-order valence-electron chi connectivity index (χ0n) is 13.9. The van der Waals surface area contributed by atoms with Gasteiger partial charge in [0.1, 0.15) is 11.7 Å². The molecule has 0 spiro atoms. The number of benzene rings is 1. The zero-order chi connectivity index (χ0) is 18.0. The van der Waals surface area contributed by atoms with Gasteiger partial charge >= 0.3 is 5.97 Å². The van der Waals surface area contributed by atoms with Crippen LogP contribution >= 0.6 is 11.6 Å². The molecule has 3 aromatic rings. The van der Waals surface area contributed by atoms with Crippen LogP contribution in [0.1, 0.15) is 40.3 Å². The van der Waals surface area contributed by atoms with E-state index in [1.165, 1.54) is 0 Å². The number of esters is 1. The van der Waals surface area contributed by atoms with Crippen LogP contribution in [0.15, 0.2) is 42.6 Å². The molecule has 0 saturated heterocycles. The van der Waals surface area contributed by atoms with Crippen LogP contribution in [-0.2, 0) is 4.74 Å². The number of hydrogen-bond donors (Lipinski definition) is 1. The summed E-state index contributed by atoms with van der Waals surface area (Å²) in [5.74, 6) is -0.617. The highest BCUT2D eigenvalue weighted by Gasteiger charge is 2.27. The largest absolute Gasteiger partial charge is 0.462 e. The lowest BCUT2D eigenvalue weighted by atomic mass is 10.0. The average Bonchev–Trinajstić information content (AvgIpc) is 2.62. The Morgan fingerprint density at radius 1 is 1.32 bits per heavy atom. The van der Waals surface area contributed by atoms with Crippen LogP contribution < -0.4 is 0 Å². The van der Waals surface area contributed by atoms with Crippen LogP contribution in [0.3, 0.4) is 0 Å². The maximum absolute atomic E-state index is 12.5. The van der Waals surface area contributed by atoms with Gasteiger partial charge in [-0.3, -0.25) is 4.98 Å². The van der Waals surface area contributed by atoms with E-state index in [-0.39, 0.29) is 22.9 Å². The second-order valence-electron chi connectivity index (χ2n) is 5.58. The number of aromatic nitrogens is 2. The van der Waals surface area contributed by atoms with Crippen LogP contribution in [0.4, 0.5) is 0 Å². The van der Waals surface area contributed by atoms with Gasteiger partial charge in [-0.1, -0.05) is 29.3 Å². The fourth-order valence-corrected chi connectivity index (χ4v) is 2.95. The molecule has 2 aromatic heterocycles. The number of halogens is 1. The third-order valence-corrected chi connectivity index (χ3v) is 4.20. The van der Waals surface area contributed by atoms with Crippen LogP contribution in [-0.4, -0.2) is 27.7 Å². The Kier molecular flexibility index (Phi) is 4.97. The van der Waals surface area contributed by atoms with E-state index in [2.05, 4.69) is 9.97 Å². The summed E-state index contributed by atoms with van der Waals surface area (Å²) in [7, 11) is 0. The van der Waals surface area contributed by atoms with Crippen molar-refractivity contribution in [3.05, 3.63) is 70.1 Å². The Balaban J connectivity index is 2.26. The van der Waals surface area contributed by atoms with Crippen molar-refractivity contribution < 1.29 is 14.6 Å². The molecule has 0 aliphatic carbocycles. The van der Waals surface area contributed by atoms with Crippen molar-refractivity contribution in [2.24, 2.45) is 0 Å². The van der Waals surface area contributed by atoms with Gasteiger partial charge in [-0.2, -0.15) is 0 Å². The number of rotatable bonds is 4. The Hall–Kier alpha value is -2.50. The Morgan fingerprint density at radius 3 is 2.80 bits per heavy atom. The van der Waals surface area contributed by atoms with E-state index in [1.807, 2.05) is 19.1 Å². The molecule has 5 nitrogen and oxygen atoms in total. The molecular formula is C19H17ClN2O3. The van der Waals surface area contributed by atoms with E-state index in [0.717, 1.165) is 5.56 Å².